The van der Waals surface area contributed by atoms with Crippen molar-refractivity contribution in [3.8, 4) is 5.75 Å². The van der Waals surface area contributed by atoms with Gasteiger partial charge in [-0.2, -0.15) is 5.10 Å². The summed E-state index contributed by atoms with van der Waals surface area (Å²) in [6.07, 6.45) is 4.21. The lowest BCUT2D eigenvalue weighted by Gasteiger charge is -2.38. The zero-order valence-corrected chi connectivity index (χ0v) is 15.5. The van der Waals surface area contributed by atoms with Gasteiger partial charge in [-0.05, 0) is 35.9 Å². The largest absolute Gasteiger partial charge is 0.464 e. The molecule has 5 heteroatoms. The molecule has 4 nitrogen and oxygen atoms in total. The first-order valence-corrected chi connectivity index (χ1v) is 9.36. The number of hydrogen-bond acceptors (Lipinski definition) is 4. The van der Waals surface area contributed by atoms with Gasteiger partial charge in [-0.25, -0.2) is 5.01 Å². The Bertz CT molecular complexity index is 972. The van der Waals surface area contributed by atoms with E-state index in [1.165, 1.54) is 5.56 Å². The van der Waals surface area contributed by atoms with Crippen LogP contribution in [-0.2, 0) is 0 Å². The Morgan fingerprint density at radius 1 is 0.962 bits per heavy atom. The Morgan fingerprint density at radius 3 is 2.54 bits per heavy atom. The number of para-hydroxylation sites is 1. The Labute approximate surface area is 160 Å². The molecule has 5 rings (SSSR count). The molecular formula is C21H16BrN3O. The molecule has 0 N–H and O–H groups in total. The highest BCUT2D eigenvalue weighted by Gasteiger charge is 2.40. The monoisotopic (exact) mass is 405 g/mol. The van der Waals surface area contributed by atoms with Gasteiger partial charge in [0.15, 0.2) is 0 Å². The van der Waals surface area contributed by atoms with Crippen molar-refractivity contribution in [1.82, 2.24) is 9.99 Å². The number of nitrogens with zero attached hydrogens (tertiary/aromatic N) is 3. The van der Waals surface area contributed by atoms with Crippen LogP contribution in [0.3, 0.4) is 0 Å². The fourth-order valence-electron chi connectivity index (χ4n) is 3.60. The standard InChI is InChI=1S/C21H16BrN3O/c22-16-7-5-14(6-8-16)18-13-19-17-3-1-2-4-20(17)26-21(25(19)24-18)15-9-11-23-12-10-15/h1-12,19,21H,13H2. The molecule has 0 aliphatic carbocycles. The van der Waals surface area contributed by atoms with Crippen LogP contribution in [0.4, 0.5) is 0 Å². The summed E-state index contributed by atoms with van der Waals surface area (Å²) in [5.41, 5.74) is 4.48. The van der Waals surface area contributed by atoms with E-state index in [2.05, 4.69) is 62.3 Å². The van der Waals surface area contributed by atoms with Gasteiger partial charge in [0.1, 0.15) is 5.75 Å². The number of halogens is 1. The lowest BCUT2D eigenvalue weighted by Crippen LogP contribution is -2.33. The molecule has 0 spiro atoms. The molecule has 2 aromatic carbocycles. The third-order valence-electron chi connectivity index (χ3n) is 4.87. The highest BCUT2D eigenvalue weighted by atomic mass is 79.9. The van der Waals surface area contributed by atoms with E-state index in [1.807, 2.05) is 24.3 Å². The van der Waals surface area contributed by atoms with Crippen molar-refractivity contribution in [2.24, 2.45) is 5.10 Å². The zero-order valence-electron chi connectivity index (χ0n) is 13.9. The van der Waals surface area contributed by atoms with E-state index in [9.17, 15) is 0 Å². The zero-order chi connectivity index (χ0) is 17.5. The molecule has 128 valence electrons. The van der Waals surface area contributed by atoms with Crippen LogP contribution in [0, 0.1) is 0 Å². The van der Waals surface area contributed by atoms with Gasteiger partial charge >= 0.3 is 0 Å². The van der Waals surface area contributed by atoms with E-state index in [-0.39, 0.29) is 12.3 Å². The first kappa shape index (κ1) is 15.6. The van der Waals surface area contributed by atoms with Crippen molar-refractivity contribution in [3.63, 3.8) is 0 Å². The second-order valence-corrected chi connectivity index (χ2v) is 7.36. The molecule has 3 aromatic rings. The quantitative estimate of drug-likeness (QED) is 0.595. The Balaban J connectivity index is 1.59. The lowest BCUT2D eigenvalue weighted by molar-refractivity contribution is -0.0190. The second-order valence-electron chi connectivity index (χ2n) is 6.44. The Morgan fingerprint density at radius 2 is 1.73 bits per heavy atom. The topological polar surface area (TPSA) is 37.7 Å². The predicted octanol–water partition coefficient (Wildman–Crippen LogP) is 5.09. The molecule has 1 aromatic heterocycles. The minimum Gasteiger partial charge on any atom is -0.464 e. The molecule has 0 radical (unpaired) electrons. The van der Waals surface area contributed by atoms with Gasteiger partial charge in [0.2, 0.25) is 6.23 Å². The minimum absolute atomic E-state index is 0.178. The van der Waals surface area contributed by atoms with Crippen molar-refractivity contribution < 1.29 is 4.74 Å². The maximum Gasteiger partial charge on any atom is 0.213 e. The summed E-state index contributed by atoms with van der Waals surface area (Å²) in [7, 11) is 0. The van der Waals surface area contributed by atoms with Crippen molar-refractivity contribution in [3.05, 3.63) is 94.2 Å². The summed E-state index contributed by atoms with van der Waals surface area (Å²) in [4.78, 5) is 4.13. The molecule has 2 unspecified atom stereocenters. The van der Waals surface area contributed by atoms with Gasteiger partial charge < -0.3 is 4.74 Å². The molecule has 0 saturated heterocycles. The maximum atomic E-state index is 6.32. The van der Waals surface area contributed by atoms with Crippen LogP contribution in [0.1, 0.15) is 35.4 Å². The van der Waals surface area contributed by atoms with Crippen molar-refractivity contribution >= 4 is 21.6 Å². The van der Waals surface area contributed by atoms with Gasteiger partial charge in [-0.1, -0.05) is 46.3 Å². The molecule has 0 amide bonds. The molecule has 26 heavy (non-hydrogen) atoms. The Kier molecular flexibility index (Phi) is 3.75. The summed E-state index contributed by atoms with van der Waals surface area (Å²) in [6, 6.07) is 20.7. The molecule has 2 atom stereocenters. The van der Waals surface area contributed by atoms with E-state index in [4.69, 9.17) is 9.84 Å². The van der Waals surface area contributed by atoms with Crippen LogP contribution in [0.2, 0.25) is 0 Å². The van der Waals surface area contributed by atoms with Crippen LogP contribution in [0.25, 0.3) is 0 Å². The highest BCUT2D eigenvalue weighted by Crippen LogP contribution is 2.47. The number of hydrazone groups is 1. The fourth-order valence-corrected chi connectivity index (χ4v) is 3.86. The van der Waals surface area contributed by atoms with Gasteiger partial charge in [-0.15, -0.1) is 0 Å². The first-order valence-electron chi connectivity index (χ1n) is 8.57. The molecular weight excluding hydrogens is 390 g/mol. The summed E-state index contributed by atoms with van der Waals surface area (Å²) in [5.74, 6) is 0.933. The van der Waals surface area contributed by atoms with Crippen LogP contribution in [0.15, 0.2) is 82.6 Å². The molecule has 3 heterocycles. The van der Waals surface area contributed by atoms with Crippen molar-refractivity contribution in [1.29, 1.82) is 0 Å². The highest BCUT2D eigenvalue weighted by molar-refractivity contribution is 9.10. The minimum atomic E-state index is -0.245. The van der Waals surface area contributed by atoms with Crippen molar-refractivity contribution in [2.75, 3.05) is 0 Å². The smallest absolute Gasteiger partial charge is 0.213 e. The summed E-state index contributed by atoms with van der Waals surface area (Å²) < 4.78 is 7.39. The van der Waals surface area contributed by atoms with Crippen LogP contribution >= 0.6 is 15.9 Å². The maximum absolute atomic E-state index is 6.32. The lowest BCUT2D eigenvalue weighted by atomic mass is 9.96. The average molecular weight is 406 g/mol. The van der Waals surface area contributed by atoms with E-state index in [1.54, 1.807) is 12.4 Å². The van der Waals surface area contributed by atoms with Gasteiger partial charge in [0.25, 0.3) is 0 Å². The predicted molar refractivity (Wildman–Crippen MR) is 104 cm³/mol. The van der Waals surface area contributed by atoms with E-state index in [0.717, 1.165) is 33.5 Å². The first-order chi connectivity index (χ1) is 12.8. The van der Waals surface area contributed by atoms with Crippen molar-refractivity contribution in [2.45, 2.75) is 18.7 Å². The SMILES string of the molecule is Brc1ccc(C2=NN3C(C2)c2ccccc2OC3c2ccncc2)cc1. The molecule has 0 fully saturated rings. The number of benzene rings is 2. The number of ether oxygens (including phenoxy) is 1. The second kappa shape index (κ2) is 6.25. The third-order valence-corrected chi connectivity index (χ3v) is 5.40. The molecule has 2 aliphatic rings. The van der Waals surface area contributed by atoms with Crippen LogP contribution in [0.5, 0.6) is 5.75 Å². The fraction of sp³-hybridized carbons (Fsp3) is 0.143. The normalized spacial score (nSPS) is 20.8. The number of fused-ring (bicyclic) bond motifs is 3. The number of aromatic nitrogens is 1. The van der Waals surface area contributed by atoms with E-state index in [0.29, 0.717) is 0 Å². The van der Waals surface area contributed by atoms with Gasteiger partial charge in [0.05, 0.1) is 11.8 Å². The van der Waals surface area contributed by atoms with Gasteiger partial charge in [0, 0.05) is 34.4 Å². The molecule has 2 aliphatic heterocycles. The average Bonchev–Trinajstić information content (AvgIpc) is 3.14. The third kappa shape index (κ3) is 2.59. The van der Waals surface area contributed by atoms with Crippen LogP contribution < -0.4 is 4.74 Å². The molecule has 0 bridgehead atoms. The summed E-state index contributed by atoms with van der Waals surface area (Å²) >= 11 is 3.50. The number of hydrogen-bond donors (Lipinski definition) is 0. The Hall–Kier alpha value is -2.66. The van der Waals surface area contributed by atoms with Crippen LogP contribution in [-0.4, -0.2) is 15.7 Å². The van der Waals surface area contributed by atoms with Gasteiger partial charge in [-0.3, -0.25) is 4.98 Å². The van der Waals surface area contributed by atoms with E-state index < -0.39 is 0 Å². The summed E-state index contributed by atoms with van der Waals surface area (Å²) in [5, 5.41) is 7.05. The number of rotatable bonds is 2. The summed E-state index contributed by atoms with van der Waals surface area (Å²) in [6.45, 7) is 0. The number of pyridine rings is 1. The molecule has 0 saturated carbocycles. The van der Waals surface area contributed by atoms with E-state index >= 15 is 0 Å².